The summed E-state index contributed by atoms with van der Waals surface area (Å²) >= 11 is 0. The lowest BCUT2D eigenvalue weighted by Gasteiger charge is -2.02. The van der Waals surface area contributed by atoms with E-state index in [1.807, 2.05) is 0 Å². The third-order valence-corrected chi connectivity index (χ3v) is 2.39. The number of aryl methyl sites for hydroxylation is 1. The molecule has 0 fully saturated rings. The van der Waals surface area contributed by atoms with E-state index in [0.29, 0.717) is 18.7 Å². The maximum Gasteiger partial charge on any atom is 0.220 e. The zero-order chi connectivity index (χ0) is 12.8. The summed E-state index contributed by atoms with van der Waals surface area (Å²) in [7, 11) is 0. The average molecular weight is 249 g/mol. The van der Waals surface area contributed by atoms with Crippen molar-refractivity contribution in [3.8, 4) is 0 Å². The Hall–Kier alpha value is -2.31. The number of aromatic amines is 1. The maximum atomic E-state index is 12.7. The van der Waals surface area contributed by atoms with Crippen molar-refractivity contribution in [3.63, 3.8) is 0 Å². The molecule has 0 aliphatic heterocycles. The van der Waals surface area contributed by atoms with Gasteiger partial charge in [0.15, 0.2) is 5.82 Å². The number of benzene rings is 1. The predicted octanol–water partition coefficient (Wildman–Crippen LogP) is 0.588. The minimum atomic E-state index is -0.277. The standard InChI is InChI=1S/C11H12FN5O/c12-9-4-1-8(2-5-9)3-6-11(18)13-7-10-14-16-17-15-10/h1-2,4-5H,3,6-7H2,(H,13,18)(H,14,15,16,17). The second kappa shape index (κ2) is 5.85. The SMILES string of the molecule is O=C(CCc1ccc(F)cc1)NCc1nn[nH]n1. The Labute approximate surface area is 103 Å². The van der Waals surface area contributed by atoms with Crippen molar-refractivity contribution < 1.29 is 9.18 Å². The van der Waals surface area contributed by atoms with Gasteiger partial charge >= 0.3 is 0 Å². The Balaban J connectivity index is 1.73. The third-order valence-electron chi connectivity index (χ3n) is 2.39. The van der Waals surface area contributed by atoms with Crippen molar-refractivity contribution in [3.05, 3.63) is 41.5 Å². The highest BCUT2D eigenvalue weighted by molar-refractivity contribution is 5.76. The smallest absolute Gasteiger partial charge is 0.220 e. The molecule has 2 N–H and O–H groups in total. The maximum absolute atomic E-state index is 12.7. The monoisotopic (exact) mass is 249 g/mol. The van der Waals surface area contributed by atoms with Gasteiger partial charge in [-0.1, -0.05) is 17.3 Å². The van der Waals surface area contributed by atoms with Gasteiger partial charge in [-0.25, -0.2) is 4.39 Å². The molecule has 0 spiro atoms. The quantitative estimate of drug-likeness (QED) is 0.812. The molecule has 0 bridgehead atoms. The molecule has 0 atom stereocenters. The number of carbonyl (C=O) groups is 1. The number of nitrogens with zero attached hydrogens (tertiary/aromatic N) is 3. The van der Waals surface area contributed by atoms with Gasteiger partial charge in [0.25, 0.3) is 0 Å². The van der Waals surface area contributed by atoms with Gasteiger partial charge in [-0.15, -0.1) is 10.2 Å². The number of tetrazole rings is 1. The summed E-state index contributed by atoms with van der Waals surface area (Å²) in [5.41, 5.74) is 0.922. The Morgan fingerprint density at radius 3 is 2.78 bits per heavy atom. The molecule has 2 rings (SSSR count). The molecule has 1 heterocycles. The summed E-state index contributed by atoms with van der Waals surface area (Å²) in [5.74, 6) is 0.0505. The lowest BCUT2D eigenvalue weighted by Crippen LogP contribution is -2.23. The molecule has 0 radical (unpaired) electrons. The van der Waals surface area contributed by atoms with Gasteiger partial charge < -0.3 is 5.32 Å². The Morgan fingerprint density at radius 1 is 1.33 bits per heavy atom. The van der Waals surface area contributed by atoms with Crippen molar-refractivity contribution in [1.82, 2.24) is 25.9 Å². The number of aromatic nitrogens is 4. The van der Waals surface area contributed by atoms with E-state index in [9.17, 15) is 9.18 Å². The number of hydrogen-bond donors (Lipinski definition) is 2. The normalized spacial score (nSPS) is 10.3. The second-order valence-corrected chi connectivity index (χ2v) is 3.73. The van der Waals surface area contributed by atoms with Crippen LogP contribution in [0.15, 0.2) is 24.3 Å². The molecule has 0 saturated carbocycles. The molecule has 6 nitrogen and oxygen atoms in total. The van der Waals surface area contributed by atoms with E-state index in [1.54, 1.807) is 12.1 Å². The van der Waals surface area contributed by atoms with Gasteiger partial charge in [-0.3, -0.25) is 4.79 Å². The molecule has 7 heteroatoms. The Morgan fingerprint density at radius 2 is 2.11 bits per heavy atom. The van der Waals surface area contributed by atoms with Crippen LogP contribution in [0.3, 0.4) is 0 Å². The first-order chi connectivity index (χ1) is 8.74. The molecule has 18 heavy (non-hydrogen) atoms. The van der Waals surface area contributed by atoms with Crippen LogP contribution in [0.25, 0.3) is 0 Å². The lowest BCUT2D eigenvalue weighted by atomic mass is 10.1. The highest BCUT2D eigenvalue weighted by atomic mass is 19.1. The Bertz CT molecular complexity index is 497. The van der Waals surface area contributed by atoms with Gasteiger partial charge in [0, 0.05) is 6.42 Å². The number of rotatable bonds is 5. The van der Waals surface area contributed by atoms with Crippen molar-refractivity contribution in [2.75, 3.05) is 0 Å². The van der Waals surface area contributed by atoms with Crippen LogP contribution >= 0.6 is 0 Å². The number of H-pyrrole nitrogens is 1. The van der Waals surface area contributed by atoms with Crippen molar-refractivity contribution in [2.24, 2.45) is 0 Å². The summed E-state index contributed by atoms with van der Waals surface area (Å²) in [6.45, 7) is 0.249. The zero-order valence-corrected chi connectivity index (χ0v) is 9.56. The summed E-state index contributed by atoms with van der Waals surface area (Å²) in [6.07, 6.45) is 0.905. The lowest BCUT2D eigenvalue weighted by molar-refractivity contribution is -0.121. The minimum Gasteiger partial charge on any atom is -0.349 e. The highest BCUT2D eigenvalue weighted by Crippen LogP contribution is 2.05. The fraction of sp³-hybridized carbons (Fsp3) is 0.273. The van der Waals surface area contributed by atoms with Crippen molar-refractivity contribution in [2.45, 2.75) is 19.4 Å². The number of halogens is 1. The van der Waals surface area contributed by atoms with Crippen LogP contribution in [-0.4, -0.2) is 26.5 Å². The molecule has 0 saturated heterocycles. The van der Waals surface area contributed by atoms with E-state index < -0.39 is 0 Å². The van der Waals surface area contributed by atoms with Gasteiger partial charge in [0.2, 0.25) is 5.91 Å². The highest BCUT2D eigenvalue weighted by Gasteiger charge is 2.04. The summed E-state index contributed by atoms with van der Waals surface area (Å²) in [4.78, 5) is 11.5. The largest absolute Gasteiger partial charge is 0.349 e. The van der Waals surface area contributed by atoms with Crippen LogP contribution in [0.5, 0.6) is 0 Å². The molecular formula is C11H12FN5O. The van der Waals surface area contributed by atoms with Crippen LogP contribution in [-0.2, 0) is 17.8 Å². The van der Waals surface area contributed by atoms with Crippen molar-refractivity contribution >= 4 is 5.91 Å². The van der Waals surface area contributed by atoms with Crippen LogP contribution in [0.4, 0.5) is 4.39 Å². The Kier molecular flexibility index (Phi) is 3.95. The first-order valence-electron chi connectivity index (χ1n) is 5.47. The minimum absolute atomic E-state index is 0.107. The number of carbonyl (C=O) groups excluding carboxylic acids is 1. The summed E-state index contributed by atoms with van der Waals surface area (Å²) < 4.78 is 12.7. The first-order valence-corrected chi connectivity index (χ1v) is 5.47. The molecule has 94 valence electrons. The predicted molar refractivity (Wildman–Crippen MR) is 60.7 cm³/mol. The summed E-state index contributed by atoms with van der Waals surface area (Å²) in [5, 5.41) is 15.8. The van der Waals surface area contributed by atoms with E-state index in [-0.39, 0.29) is 18.3 Å². The van der Waals surface area contributed by atoms with Crippen LogP contribution < -0.4 is 5.32 Å². The number of amides is 1. The summed E-state index contributed by atoms with van der Waals surface area (Å²) in [6, 6.07) is 6.10. The number of nitrogens with one attached hydrogen (secondary N) is 2. The molecule has 0 aliphatic carbocycles. The molecule has 1 aromatic heterocycles. The zero-order valence-electron chi connectivity index (χ0n) is 9.56. The van der Waals surface area contributed by atoms with Crippen LogP contribution in [0, 0.1) is 5.82 Å². The molecule has 0 aliphatic rings. The average Bonchev–Trinajstić information content (AvgIpc) is 2.89. The fourth-order valence-electron chi connectivity index (χ4n) is 1.43. The van der Waals surface area contributed by atoms with Gasteiger partial charge in [0.05, 0.1) is 6.54 Å². The van der Waals surface area contributed by atoms with E-state index in [1.165, 1.54) is 12.1 Å². The second-order valence-electron chi connectivity index (χ2n) is 3.73. The van der Waals surface area contributed by atoms with E-state index in [2.05, 4.69) is 25.9 Å². The van der Waals surface area contributed by atoms with E-state index in [0.717, 1.165) is 5.56 Å². The number of hydrogen-bond acceptors (Lipinski definition) is 4. The fourth-order valence-corrected chi connectivity index (χ4v) is 1.43. The van der Waals surface area contributed by atoms with Crippen LogP contribution in [0.1, 0.15) is 17.8 Å². The van der Waals surface area contributed by atoms with Gasteiger partial charge in [-0.05, 0) is 24.1 Å². The third kappa shape index (κ3) is 3.62. The molecule has 2 aromatic rings. The first kappa shape index (κ1) is 12.2. The van der Waals surface area contributed by atoms with Gasteiger partial charge in [-0.2, -0.15) is 5.21 Å². The topological polar surface area (TPSA) is 83.6 Å². The molecule has 1 amide bonds. The molecule has 1 aromatic carbocycles. The molecule has 0 unspecified atom stereocenters. The van der Waals surface area contributed by atoms with Crippen molar-refractivity contribution in [1.29, 1.82) is 0 Å². The van der Waals surface area contributed by atoms with Gasteiger partial charge in [0.1, 0.15) is 5.82 Å². The van der Waals surface area contributed by atoms with E-state index in [4.69, 9.17) is 0 Å². The molecular weight excluding hydrogens is 237 g/mol. The van der Waals surface area contributed by atoms with E-state index >= 15 is 0 Å². The van der Waals surface area contributed by atoms with Crippen LogP contribution in [0.2, 0.25) is 0 Å².